The fourth-order valence-electron chi connectivity index (χ4n) is 4.76. The highest BCUT2D eigenvalue weighted by Gasteiger charge is 2.39. The number of nitrogens with zero attached hydrogens (tertiary/aromatic N) is 2. The van der Waals surface area contributed by atoms with Crippen LogP contribution in [0.4, 0.5) is 10.5 Å². The molecular weight excluding hydrogens is 636 g/mol. The van der Waals surface area contributed by atoms with Crippen molar-refractivity contribution in [3.05, 3.63) is 58.7 Å². The third-order valence-electron chi connectivity index (χ3n) is 6.68. The first-order valence-electron chi connectivity index (χ1n) is 14.6. The van der Waals surface area contributed by atoms with Crippen molar-refractivity contribution >= 4 is 50.9 Å². The standard InChI is InChI=1S/C32H43ClN4O6S2/c1-19(2)28(29(38)39)37(30(40)43-31(5,6)7)18-32(8,9)27-15-21(12-13-34-27)22-14-26(44-17-22)24-11-10-23(16-25(24)33)36-45(41,42)35-20(3)4/h10-17,19-20,28,35-36H,18H2,1-9H3,(H,38,39)/t28-/m0/s1. The van der Waals surface area contributed by atoms with Crippen LogP contribution in [0.5, 0.6) is 0 Å². The highest BCUT2D eigenvalue weighted by Crippen LogP contribution is 2.38. The summed E-state index contributed by atoms with van der Waals surface area (Å²) >= 11 is 8.07. The number of aliphatic carboxylic acids is 1. The molecule has 45 heavy (non-hydrogen) atoms. The molecule has 0 saturated carbocycles. The smallest absolute Gasteiger partial charge is 0.411 e. The fraction of sp³-hybridized carbons (Fsp3) is 0.469. The maximum Gasteiger partial charge on any atom is 0.411 e. The van der Waals surface area contributed by atoms with E-state index in [4.69, 9.17) is 16.3 Å². The molecule has 0 aliphatic heterocycles. The van der Waals surface area contributed by atoms with E-state index in [0.29, 0.717) is 16.4 Å². The van der Waals surface area contributed by atoms with Gasteiger partial charge in [-0.05, 0) is 93.4 Å². The number of hydrogen-bond donors (Lipinski definition) is 3. The number of carbonyl (C=O) groups is 2. The van der Waals surface area contributed by atoms with Crippen LogP contribution in [0, 0.1) is 5.92 Å². The van der Waals surface area contributed by atoms with Gasteiger partial charge in [-0.1, -0.05) is 39.3 Å². The molecule has 1 amide bonds. The number of amides is 1. The van der Waals surface area contributed by atoms with Crippen molar-refractivity contribution in [2.45, 2.75) is 85.4 Å². The number of carboxylic acid groups (broad SMARTS) is 1. The van der Waals surface area contributed by atoms with E-state index >= 15 is 0 Å². The molecule has 1 atom stereocenters. The van der Waals surface area contributed by atoms with Crippen molar-refractivity contribution in [1.82, 2.24) is 14.6 Å². The summed E-state index contributed by atoms with van der Waals surface area (Å²) in [5, 5.41) is 12.4. The van der Waals surface area contributed by atoms with E-state index < -0.39 is 39.3 Å². The van der Waals surface area contributed by atoms with Crippen LogP contribution in [0.2, 0.25) is 5.02 Å². The van der Waals surface area contributed by atoms with Gasteiger partial charge < -0.3 is 9.84 Å². The monoisotopic (exact) mass is 678 g/mol. The summed E-state index contributed by atoms with van der Waals surface area (Å²) in [5.41, 5.74) is 2.06. The van der Waals surface area contributed by atoms with Crippen molar-refractivity contribution in [3.8, 4) is 21.6 Å². The Morgan fingerprint density at radius 3 is 2.27 bits per heavy atom. The Bertz CT molecular complexity index is 1630. The minimum atomic E-state index is -3.73. The van der Waals surface area contributed by atoms with Gasteiger partial charge in [0, 0.05) is 40.3 Å². The predicted octanol–water partition coefficient (Wildman–Crippen LogP) is 7.41. The Hall–Kier alpha value is -3.19. The number of ether oxygens (including phenoxy) is 1. The molecule has 0 bridgehead atoms. The molecule has 0 aliphatic rings. The summed E-state index contributed by atoms with van der Waals surface area (Å²) in [7, 11) is -3.73. The molecule has 3 N–H and O–H groups in total. The van der Waals surface area contributed by atoms with E-state index in [1.165, 1.54) is 16.2 Å². The van der Waals surface area contributed by atoms with Gasteiger partial charge in [0.15, 0.2) is 0 Å². The van der Waals surface area contributed by atoms with Crippen molar-refractivity contribution in [1.29, 1.82) is 0 Å². The third-order valence-corrected chi connectivity index (χ3v) is 9.24. The second kappa shape index (κ2) is 14.1. The van der Waals surface area contributed by atoms with E-state index in [0.717, 1.165) is 21.6 Å². The zero-order valence-electron chi connectivity index (χ0n) is 27.1. The Morgan fingerprint density at radius 2 is 1.71 bits per heavy atom. The molecular formula is C32H43ClN4O6S2. The summed E-state index contributed by atoms with van der Waals surface area (Å²) in [4.78, 5) is 32.3. The topological polar surface area (TPSA) is 138 Å². The maximum atomic E-state index is 13.3. The van der Waals surface area contributed by atoms with E-state index in [9.17, 15) is 23.1 Å². The zero-order valence-corrected chi connectivity index (χ0v) is 29.5. The van der Waals surface area contributed by atoms with Crippen molar-refractivity contribution in [3.63, 3.8) is 0 Å². The molecule has 0 radical (unpaired) electrons. The van der Waals surface area contributed by atoms with Gasteiger partial charge in [-0.2, -0.15) is 13.1 Å². The van der Waals surface area contributed by atoms with Crippen LogP contribution < -0.4 is 9.44 Å². The minimum Gasteiger partial charge on any atom is -0.480 e. The molecule has 0 unspecified atom stereocenters. The second-order valence-electron chi connectivity index (χ2n) is 13.2. The first-order chi connectivity index (χ1) is 20.7. The van der Waals surface area contributed by atoms with Crippen molar-refractivity contribution in [2.24, 2.45) is 5.92 Å². The van der Waals surface area contributed by atoms with E-state index in [-0.39, 0.29) is 18.5 Å². The minimum absolute atomic E-state index is 0.0702. The average molecular weight is 679 g/mol. The second-order valence-corrected chi connectivity index (χ2v) is 16.0. The molecule has 13 heteroatoms. The van der Waals surface area contributed by atoms with Crippen LogP contribution in [0.15, 0.2) is 48.0 Å². The number of thiophene rings is 1. The molecule has 10 nitrogen and oxygen atoms in total. The Morgan fingerprint density at radius 1 is 1.04 bits per heavy atom. The van der Waals surface area contributed by atoms with Gasteiger partial charge in [-0.15, -0.1) is 11.3 Å². The molecule has 1 aromatic carbocycles. The molecule has 3 rings (SSSR count). The molecule has 0 fully saturated rings. The SMILES string of the molecule is CC(C)NS(=O)(=O)Nc1ccc(-c2cc(-c3ccnc(C(C)(C)CN(C(=O)OC(C)(C)C)[C@H](C(=O)O)C(C)C)c3)cs2)c(Cl)c1. The number of aromatic nitrogens is 1. The molecule has 0 saturated heterocycles. The van der Waals surface area contributed by atoms with Crippen LogP contribution in [0.25, 0.3) is 21.6 Å². The van der Waals surface area contributed by atoms with Gasteiger partial charge >= 0.3 is 12.1 Å². The zero-order chi connectivity index (χ0) is 33.9. The summed E-state index contributed by atoms with van der Waals surface area (Å²) in [6.07, 6.45) is 1.000. The van der Waals surface area contributed by atoms with Crippen LogP contribution in [-0.4, -0.2) is 59.7 Å². The molecule has 0 spiro atoms. The highest BCUT2D eigenvalue weighted by molar-refractivity contribution is 7.90. The van der Waals surface area contributed by atoms with E-state index in [2.05, 4.69) is 14.4 Å². The number of carboxylic acids is 1. The Kier molecular flexibility index (Phi) is 11.3. The van der Waals surface area contributed by atoms with E-state index in [1.807, 2.05) is 37.4 Å². The van der Waals surface area contributed by atoms with Crippen molar-refractivity contribution < 1.29 is 27.9 Å². The maximum absolute atomic E-state index is 13.3. The normalized spacial score (nSPS) is 13.2. The lowest BCUT2D eigenvalue weighted by molar-refractivity contribution is -0.145. The number of carbonyl (C=O) groups excluding carboxylic acids is 1. The Balaban J connectivity index is 1.90. The number of rotatable bonds is 12. The number of nitrogens with one attached hydrogen (secondary N) is 2. The van der Waals surface area contributed by atoms with Crippen LogP contribution in [-0.2, 0) is 25.2 Å². The number of halogens is 1. The first-order valence-corrected chi connectivity index (χ1v) is 17.3. The third kappa shape index (κ3) is 9.90. The molecule has 0 aliphatic carbocycles. The number of hydrogen-bond acceptors (Lipinski definition) is 7. The highest BCUT2D eigenvalue weighted by atomic mass is 35.5. The largest absolute Gasteiger partial charge is 0.480 e. The Labute approximate surface area is 275 Å². The number of pyridine rings is 1. The van der Waals surface area contributed by atoms with Gasteiger partial charge in [0.2, 0.25) is 0 Å². The van der Waals surface area contributed by atoms with Gasteiger partial charge in [-0.25, -0.2) is 9.59 Å². The first kappa shape index (κ1) is 36.3. The number of benzene rings is 1. The molecule has 2 aromatic heterocycles. The molecule has 3 aromatic rings. The summed E-state index contributed by atoms with van der Waals surface area (Å²) in [5.74, 6) is -1.46. The van der Waals surface area contributed by atoms with Crippen LogP contribution >= 0.6 is 22.9 Å². The lowest BCUT2D eigenvalue weighted by Gasteiger charge is -2.38. The average Bonchev–Trinajstić information content (AvgIpc) is 3.36. The summed E-state index contributed by atoms with van der Waals surface area (Å²) in [6, 6.07) is 9.47. The van der Waals surface area contributed by atoms with Gasteiger partial charge in [0.05, 0.1) is 10.7 Å². The fourth-order valence-corrected chi connectivity index (χ4v) is 7.18. The quantitative estimate of drug-likeness (QED) is 0.181. The van der Waals surface area contributed by atoms with Gasteiger partial charge in [0.25, 0.3) is 10.2 Å². The molecule has 246 valence electrons. The lowest BCUT2D eigenvalue weighted by atomic mass is 9.86. The summed E-state index contributed by atoms with van der Waals surface area (Å²) in [6.45, 7) is 16.1. The summed E-state index contributed by atoms with van der Waals surface area (Å²) < 4.78 is 35.1. The van der Waals surface area contributed by atoms with Crippen LogP contribution in [0.1, 0.15) is 68.0 Å². The van der Waals surface area contributed by atoms with Crippen LogP contribution in [0.3, 0.4) is 0 Å². The van der Waals surface area contributed by atoms with E-state index in [1.54, 1.807) is 72.9 Å². The number of anilines is 1. The van der Waals surface area contributed by atoms with Gasteiger partial charge in [-0.3, -0.25) is 14.6 Å². The van der Waals surface area contributed by atoms with Gasteiger partial charge in [0.1, 0.15) is 11.6 Å². The molecule has 2 heterocycles. The predicted molar refractivity (Wildman–Crippen MR) is 181 cm³/mol. The van der Waals surface area contributed by atoms with Crippen molar-refractivity contribution in [2.75, 3.05) is 11.3 Å². The lowest BCUT2D eigenvalue weighted by Crippen LogP contribution is -2.53.